The number of hydrogen-bond acceptors (Lipinski definition) is 4. The molecule has 0 fully saturated rings. The van der Waals surface area contributed by atoms with E-state index in [1.807, 2.05) is 6.92 Å². The molecule has 0 aliphatic carbocycles. The van der Waals surface area contributed by atoms with Crippen LogP contribution in [0.1, 0.15) is 39.5 Å². The van der Waals surface area contributed by atoms with Crippen LogP contribution in [0.4, 0.5) is 0 Å². The van der Waals surface area contributed by atoms with Gasteiger partial charge in [0.1, 0.15) is 0 Å². The van der Waals surface area contributed by atoms with Crippen LogP contribution in [0.15, 0.2) is 0 Å². The Morgan fingerprint density at radius 2 is 2.07 bits per heavy atom. The van der Waals surface area contributed by atoms with Gasteiger partial charge in [0, 0.05) is 0 Å². The number of unbranched alkanes of at least 4 members (excludes halogenated alkanes) is 1. The lowest BCUT2D eigenvalue weighted by Crippen LogP contribution is -2.25. The van der Waals surface area contributed by atoms with Crippen molar-refractivity contribution in [2.45, 2.75) is 45.6 Å². The molecule has 0 rings (SSSR count). The third kappa shape index (κ3) is 6.47. The van der Waals surface area contributed by atoms with Gasteiger partial charge in [-0.2, -0.15) is 0 Å². The molecule has 0 aromatic heterocycles. The number of carbonyl (C=O) groups is 1. The van der Waals surface area contributed by atoms with E-state index in [1.54, 1.807) is 6.92 Å². The zero-order valence-corrected chi connectivity index (χ0v) is 9.61. The third-order valence-corrected chi connectivity index (χ3v) is 2.29. The summed E-state index contributed by atoms with van der Waals surface area (Å²) in [5, 5.41) is 18.0. The molecular weight excluding hydrogens is 196 g/mol. The number of esters is 1. The Morgan fingerprint density at radius 3 is 2.53 bits per heavy atom. The lowest BCUT2D eigenvalue weighted by atomic mass is 9.96. The Balaban J connectivity index is 4.10. The van der Waals surface area contributed by atoms with Crippen molar-refractivity contribution in [1.82, 2.24) is 0 Å². The molecule has 0 spiro atoms. The Morgan fingerprint density at radius 1 is 1.40 bits per heavy atom. The highest BCUT2D eigenvalue weighted by atomic mass is 16.5. The van der Waals surface area contributed by atoms with Gasteiger partial charge in [-0.1, -0.05) is 19.8 Å². The fraction of sp³-hybridized carbons (Fsp3) is 0.909. The summed E-state index contributed by atoms with van der Waals surface area (Å²) in [7, 11) is 0. The van der Waals surface area contributed by atoms with E-state index < -0.39 is 6.10 Å². The van der Waals surface area contributed by atoms with Gasteiger partial charge in [0.2, 0.25) is 0 Å². The van der Waals surface area contributed by atoms with Crippen molar-refractivity contribution >= 4 is 5.97 Å². The molecule has 0 aliphatic heterocycles. The number of ether oxygens (including phenoxy) is 1. The zero-order valence-electron chi connectivity index (χ0n) is 9.61. The molecule has 15 heavy (non-hydrogen) atoms. The van der Waals surface area contributed by atoms with Gasteiger partial charge in [-0.25, -0.2) is 0 Å². The molecule has 0 saturated carbocycles. The van der Waals surface area contributed by atoms with Crippen LogP contribution in [-0.2, 0) is 9.53 Å². The maximum atomic E-state index is 11.5. The Labute approximate surface area is 91.3 Å². The number of rotatable bonds is 8. The van der Waals surface area contributed by atoms with E-state index in [4.69, 9.17) is 9.84 Å². The van der Waals surface area contributed by atoms with Crippen LogP contribution in [-0.4, -0.2) is 35.5 Å². The third-order valence-electron chi connectivity index (χ3n) is 2.29. The summed E-state index contributed by atoms with van der Waals surface area (Å²) in [4.78, 5) is 11.5. The monoisotopic (exact) mass is 218 g/mol. The van der Waals surface area contributed by atoms with Gasteiger partial charge in [0.05, 0.1) is 25.2 Å². The van der Waals surface area contributed by atoms with Gasteiger partial charge >= 0.3 is 5.97 Å². The molecule has 0 aromatic carbocycles. The summed E-state index contributed by atoms with van der Waals surface area (Å²) >= 11 is 0. The normalized spacial score (nSPS) is 14.7. The lowest BCUT2D eigenvalue weighted by molar-refractivity contribution is -0.149. The molecule has 0 amide bonds. The van der Waals surface area contributed by atoms with Crippen LogP contribution in [0.2, 0.25) is 0 Å². The molecule has 0 radical (unpaired) electrons. The van der Waals surface area contributed by atoms with Crippen molar-refractivity contribution in [1.29, 1.82) is 0 Å². The highest BCUT2D eigenvalue weighted by molar-refractivity contribution is 5.72. The molecule has 2 unspecified atom stereocenters. The molecule has 4 nitrogen and oxygen atoms in total. The van der Waals surface area contributed by atoms with Crippen molar-refractivity contribution in [2.24, 2.45) is 5.92 Å². The van der Waals surface area contributed by atoms with E-state index in [1.165, 1.54) is 0 Å². The SMILES string of the molecule is CCCCC(CC(O)CO)C(=O)OCC. The van der Waals surface area contributed by atoms with Crippen LogP contribution in [0.3, 0.4) is 0 Å². The molecule has 0 heterocycles. The van der Waals surface area contributed by atoms with Gasteiger partial charge in [-0.05, 0) is 19.8 Å². The lowest BCUT2D eigenvalue weighted by Gasteiger charge is -2.17. The minimum absolute atomic E-state index is 0.265. The Kier molecular flexibility index (Phi) is 8.33. The van der Waals surface area contributed by atoms with Gasteiger partial charge in [0.15, 0.2) is 0 Å². The number of carbonyl (C=O) groups excluding carboxylic acids is 1. The first kappa shape index (κ1) is 14.4. The topological polar surface area (TPSA) is 66.8 Å². The van der Waals surface area contributed by atoms with Crippen LogP contribution in [0, 0.1) is 5.92 Å². The van der Waals surface area contributed by atoms with Crippen LogP contribution in [0.25, 0.3) is 0 Å². The quantitative estimate of drug-likeness (QED) is 0.599. The van der Waals surface area contributed by atoms with Gasteiger partial charge in [0.25, 0.3) is 0 Å². The minimum Gasteiger partial charge on any atom is -0.466 e. The number of aliphatic hydroxyl groups is 2. The van der Waals surface area contributed by atoms with Crippen molar-refractivity contribution < 1.29 is 19.7 Å². The fourth-order valence-corrected chi connectivity index (χ4v) is 1.45. The summed E-state index contributed by atoms with van der Waals surface area (Å²) in [6.45, 7) is 3.86. The summed E-state index contributed by atoms with van der Waals surface area (Å²) in [5.41, 5.74) is 0. The summed E-state index contributed by atoms with van der Waals surface area (Å²) in [6.07, 6.45) is 2.12. The first-order valence-corrected chi connectivity index (χ1v) is 5.61. The first-order valence-electron chi connectivity index (χ1n) is 5.61. The second-order valence-electron chi connectivity index (χ2n) is 3.66. The smallest absolute Gasteiger partial charge is 0.309 e. The summed E-state index contributed by atoms with van der Waals surface area (Å²) < 4.78 is 4.91. The summed E-state index contributed by atoms with van der Waals surface area (Å²) in [5.74, 6) is -0.550. The van der Waals surface area contributed by atoms with Crippen molar-refractivity contribution in [3.63, 3.8) is 0 Å². The van der Waals surface area contributed by atoms with Gasteiger partial charge < -0.3 is 14.9 Å². The maximum Gasteiger partial charge on any atom is 0.309 e. The second-order valence-corrected chi connectivity index (χ2v) is 3.66. The maximum absolute atomic E-state index is 11.5. The van der Waals surface area contributed by atoms with Crippen molar-refractivity contribution in [2.75, 3.05) is 13.2 Å². The average Bonchev–Trinajstić information content (AvgIpc) is 2.24. The molecule has 2 N–H and O–H groups in total. The number of hydrogen-bond donors (Lipinski definition) is 2. The molecule has 0 aromatic rings. The van der Waals surface area contributed by atoms with Gasteiger partial charge in [-0.3, -0.25) is 4.79 Å². The van der Waals surface area contributed by atoms with E-state index in [0.29, 0.717) is 13.0 Å². The van der Waals surface area contributed by atoms with Crippen LogP contribution in [0.5, 0.6) is 0 Å². The van der Waals surface area contributed by atoms with Gasteiger partial charge in [-0.15, -0.1) is 0 Å². The predicted octanol–water partition coefficient (Wildman–Crippen LogP) is 1.10. The fourth-order valence-electron chi connectivity index (χ4n) is 1.45. The van der Waals surface area contributed by atoms with Crippen LogP contribution < -0.4 is 0 Å². The highest BCUT2D eigenvalue weighted by Gasteiger charge is 2.22. The minimum atomic E-state index is -0.823. The zero-order chi connectivity index (χ0) is 11.7. The average molecular weight is 218 g/mol. The number of aliphatic hydroxyl groups excluding tert-OH is 2. The molecule has 4 heteroatoms. The van der Waals surface area contributed by atoms with Crippen molar-refractivity contribution in [3.8, 4) is 0 Å². The van der Waals surface area contributed by atoms with E-state index in [2.05, 4.69) is 0 Å². The van der Waals surface area contributed by atoms with E-state index >= 15 is 0 Å². The van der Waals surface area contributed by atoms with E-state index in [0.717, 1.165) is 12.8 Å². The highest BCUT2D eigenvalue weighted by Crippen LogP contribution is 2.16. The standard InChI is InChI=1S/C11H22O4/c1-3-5-6-9(7-10(13)8-12)11(14)15-4-2/h9-10,12-13H,3-8H2,1-2H3. The Bertz CT molecular complexity index is 170. The molecular formula is C11H22O4. The molecule has 90 valence electrons. The van der Waals surface area contributed by atoms with E-state index in [-0.39, 0.29) is 24.9 Å². The first-order chi connectivity index (χ1) is 7.15. The van der Waals surface area contributed by atoms with Crippen molar-refractivity contribution in [3.05, 3.63) is 0 Å². The Hall–Kier alpha value is -0.610. The predicted molar refractivity (Wildman–Crippen MR) is 57.4 cm³/mol. The molecule has 0 bridgehead atoms. The molecule has 0 aliphatic rings. The molecule has 2 atom stereocenters. The summed E-state index contributed by atoms with van der Waals surface area (Å²) in [6, 6.07) is 0. The molecule has 0 saturated heterocycles. The van der Waals surface area contributed by atoms with E-state index in [9.17, 15) is 9.90 Å². The largest absolute Gasteiger partial charge is 0.466 e. The second kappa shape index (κ2) is 8.68. The van der Waals surface area contributed by atoms with Crippen LogP contribution >= 0.6 is 0 Å².